The van der Waals surface area contributed by atoms with Crippen molar-refractivity contribution in [1.82, 2.24) is 0 Å². The fraction of sp³-hybridized carbons (Fsp3) is 0.733. The van der Waals surface area contributed by atoms with Gasteiger partial charge in [-0.25, -0.2) is 0 Å². The largest absolute Gasteiger partial charge is 0.0874 e. The van der Waals surface area contributed by atoms with Crippen LogP contribution in [-0.2, 0) is 0 Å². The maximum atomic E-state index is 2.18. The molecule has 0 radical (unpaired) electrons. The molecule has 0 aromatic heterocycles. The zero-order valence-corrected chi connectivity index (χ0v) is 12.3. The lowest BCUT2D eigenvalue weighted by atomic mass is 10.1. The molecule has 0 aliphatic carbocycles. The van der Waals surface area contributed by atoms with Gasteiger partial charge in [0.1, 0.15) is 0 Å². The summed E-state index contributed by atoms with van der Waals surface area (Å²) in [6, 6.07) is 0. The zero-order valence-electron chi connectivity index (χ0n) is 12.3. The van der Waals surface area contributed by atoms with Crippen LogP contribution < -0.4 is 0 Å². The Morgan fingerprint density at radius 3 is 1.53 bits per heavy atom. The summed E-state index contributed by atoms with van der Waals surface area (Å²) < 4.78 is 0. The van der Waals surface area contributed by atoms with E-state index in [1.165, 1.54) is 24.0 Å². The van der Waals surface area contributed by atoms with Gasteiger partial charge in [-0.2, -0.15) is 0 Å². The molecule has 0 aliphatic heterocycles. The van der Waals surface area contributed by atoms with Crippen LogP contribution in [0.3, 0.4) is 0 Å². The van der Waals surface area contributed by atoms with E-state index in [0.29, 0.717) is 0 Å². The highest BCUT2D eigenvalue weighted by Crippen LogP contribution is 2.07. The van der Waals surface area contributed by atoms with E-state index in [0.717, 1.165) is 6.42 Å². The average molecular weight is 212 g/mol. The zero-order chi connectivity index (χ0) is 12.7. The van der Waals surface area contributed by atoms with Crippen LogP contribution in [0.15, 0.2) is 23.3 Å². The van der Waals surface area contributed by atoms with Crippen LogP contribution in [0.25, 0.3) is 0 Å². The first-order chi connectivity index (χ1) is 7.13. The van der Waals surface area contributed by atoms with E-state index in [2.05, 4.69) is 46.8 Å². The Balaban J connectivity index is -0.000000202. The van der Waals surface area contributed by atoms with Gasteiger partial charge in [0.15, 0.2) is 0 Å². The first-order valence-corrected chi connectivity index (χ1v) is 6.42. The van der Waals surface area contributed by atoms with Crippen molar-refractivity contribution < 1.29 is 0 Å². The first kappa shape index (κ1) is 20.0. The van der Waals surface area contributed by atoms with Crippen LogP contribution in [-0.4, -0.2) is 0 Å². The van der Waals surface area contributed by atoms with Gasteiger partial charge in [0.2, 0.25) is 0 Å². The van der Waals surface area contributed by atoms with E-state index in [-0.39, 0.29) is 0 Å². The van der Waals surface area contributed by atoms with E-state index in [1.807, 2.05) is 20.8 Å². The second-order valence-corrected chi connectivity index (χ2v) is 3.32. The lowest BCUT2D eigenvalue weighted by molar-refractivity contribution is 0.886. The van der Waals surface area contributed by atoms with Crippen molar-refractivity contribution in [3.8, 4) is 0 Å². The molecule has 0 spiro atoms. The molecule has 0 heteroatoms. The molecule has 0 nitrogen and oxygen atoms in total. The molecule has 0 saturated carbocycles. The Morgan fingerprint density at radius 2 is 1.33 bits per heavy atom. The van der Waals surface area contributed by atoms with Gasteiger partial charge in [0.05, 0.1) is 0 Å². The normalized spacial score (nSPS) is 10.9. The third-order valence-corrected chi connectivity index (χ3v) is 2.12. The van der Waals surface area contributed by atoms with E-state index < -0.39 is 0 Å². The van der Waals surface area contributed by atoms with Gasteiger partial charge in [-0.05, 0) is 27.2 Å². The Kier molecular flexibility index (Phi) is 25.4. The van der Waals surface area contributed by atoms with Crippen molar-refractivity contribution >= 4 is 0 Å². The standard InChI is InChI=1S/C9H16.C4H10.C2H6/c1-5-7-9(4)8(3)6-2;1-3-4-2;1-2/h5,7H,6H2,1-4H3;3-4H2,1-2H3;1-2H3/b7-5-,9-8+;;. The fourth-order valence-corrected chi connectivity index (χ4v) is 0.671. The lowest BCUT2D eigenvalue weighted by Crippen LogP contribution is -1.76. The maximum Gasteiger partial charge on any atom is -0.0346 e. The topological polar surface area (TPSA) is 0 Å². The third kappa shape index (κ3) is 19.8. The maximum absolute atomic E-state index is 2.18. The summed E-state index contributed by atoms with van der Waals surface area (Å²) in [7, 11) is 0. The van der Waals surface area contributed by atoms with Crippen LogP contribution in [0.4, 0.5) is 0 Å². The fourth-order valence-electron chi connectivity index (χ4n) is 0.671. The summed E-state index contributed by atoms with van der Waals surface area (Å²) in [5.74, 6) is 0. The molecule has 0 rings (SSSR count). The predicted molar refractivity (Wildman–Crippen MR) is 75.4 cm³/mol. The molecule has 0 bridgehead atoms. The van der Waals surface area contributed by atoms with Crippen molar-refractivity contribution in [2.75, 3.05) is 0 Å². The summed E-state index contributed by atoms with van der Waals surface area (Å²) >= 11 is 0. The molecule has 92 valence electrons. The Labute approximate surface area is 98.5 Å². The monoisotopic (exact) mass is 212 g/mol. The van der Waals surface area contributed by atoms with Crippen LogP contribution in [0.2, 0.25) is 0 Å². The SMILES string of the molecule is C/C=C\C(C)=C(/C)CC.CC.CCCC. The van der Waals surface area contributed by atoms with E-state index in [9.17, 15) is 0 Å². The highest BCUT2D eigenvalue weighted by atomic mass is 13.9. The number of rotatable bonds is 3. The predicted octanol–water partition coefficient (Wildman–Crippen LogP) is 6.14. The molecule has 0 heterocycles. The molecule has 0 saturated heterocycles. The molecule has 0 unspecified atom stereocenters. The summed E-state index contributed by atoms with van der Waals surface area (Å²) in [4.78, 5) is 0. The van der Waals surface area contributed by atoms with Gasteiger partial charge >= 0.3 is 0 Å². The molecule has 0 N–H and O–H groups in total. The summed E-state index contributed by atoms with van der Waals surface area (Å²) in [6.45, 7) is 16.9. The van der Waals surface area contributed by atoms with Gasteiger partial charge in [-0.3, -0.25) is 0 Å². The highest BCUT2D eigenvalue weighted by Gasteiger charge is 1.86. The number of hydrogen-bond acceptors (Lipinski definition) is 0. The quantitative estimate of drug-likeness (QED) is 0.493. The minimum Gasteiger partial charge on any atom is -0.0874 e. The molecule has 0 amide bonds. The molecule has 0 fully saturated rings. The second-order valence-electron chi connectivity index (χ2n) is 3.32. The van der Waals surface area contributed by atoms with Crippen LogP contribution in [0.5, 0.6) is 0 Å². The van der Waals surface area contributed by atoms with Crippen molar-refractivity contribution in [2.45, 2.75) is 74.7 Å². The minimum atomic E-state index is 1.16. The molecule has 0 aromatic rings. The van der Waals surface area contributed by atoms with Crippen molar-refractivity contribution in [1.29, 1.82) is 0 Å². The molecular formula is C15H32. The minimum absolute atomic E-state index is 1.16. The molecule has 0 atom stereocenters. The van der Waals surface area contributed by atoms with Gasteiger partial charge in [0, 0.05) is 0 Å². The van der Waals surface area contributed by atoms with Crippen molar-refractivity contribution in [2.24, 2.45) is 0 Å². The van der Waals surface area contributed by atoms with E-state index >= 15 is 0 Å². The van der Waals surface area contributed by atoms with Crippen LogP contribution >= 0.6 is 0 Å². The van der Waals surface area contributed by atoms with Gasteiger partial charge in [-0.1, -0.05) is 70.8 Å². The van der Waals surface area contributed by atoms with Crippen molar-refractivity contribution in [3.63, 3.8) is 0 Å². The van der Waals surface area contributed by atoms with E-state index in [4.69, 9.17) is 0 Å². The average Bonchev–Trinajstić information content (AvgIpc) is 2.31. The number of allylic oxidation sites excluding steroid dienone is 4. The summed E-state index contributed by atoms with van der Waals surface area (Å²) in [5, 5.41) is 0. The number of unbranched alkanes of at least 4 members (excludes halogenated alkanes) is 1. The third-order valence-electron chi connectivity index (χ3n) is 2.12. The van der Waals surface area contributed by atoms with Gasteiger partial charge in [-0.15, -0.1) is 0 Å². The van der Waals surface area contributed by atoms with Crippen LogP contribution in [0, 0.1) is 0 Å². The van der Waals surface area contributed by atoms with Gasteiger partial charge < -0.3 is 0 Å². The van der Waals surface area contributed by atoms with Crippen molar-refractivity contribution in [3.05, 3.63) is 23.3 Å². The second kappa shape index (κ2) is 19.1. The molecule has 0 aliphatic rings. The smallest absolute Gasteiger partial charge is 0.0346 e. The first-order valence-electron chi connectivity index (χ1n) is 6.42. The Morgan fingerprint density at radius 1 is 0.933 bits per heavy atom. The molecular weight excluding hydrogens is 180 g/mol. The Hall–Kier alpha value is -0.520. The van der Waals surface area contributed by atoms with E-state index in [1.54, 1.807) is 0 Å². The molecule has 15 heavy (non-hydrogen) atoms. The molecule has 0 aromatic carbocycles. The van der Waals surface area contributed by atoms with Gasteiger partial charge in [0.25, 0.3) is 0 Å². The summed E-state index contributed by atoms with van der Waals surface area (Å²) in [6.07, 6.45) is 8.03. The lowest BCUT2D eigenvalue weighted by Gasteiger charge is -1.97. The van der Waals surface area contributed by atoms with Crippen LogP contribution in [0.1, 0.15) is 74.7 Å². The highest BCUT2D eigenvalue weighted by molar-refractivity contribution is 5.21. The number of hydrogen-bond donors (Lipinski definition) is 0. The summed E-state index contributed by atoms with van der Waals surface area (Å²) in [5.41, 5.74) is 2.88. The Bertz CT molecular complexity index is 147.